The van der Waals surface area contributed by atoms with Crippen LogP contribution in [0, 0.1) is 6.92 Å². The van der Waals surface area contributed by atoms with Crippen LogP contribution in [0.5, 0.6) is 5.88 Å². The lowest BCUT2D eigenvalue weighted by atomic mass is 10.1. The van der Waals surface area contributed by atoms with E-state index < -0.39 is 0 Å². The van der Waals surface area contributed by atoms with Crippen LogP contribution in [0.3, 0.4) is 0 Å². The SMILES string of the molecule is COc1ccnc(NC2CCN(C(=O)c3scc(C)c3Cl)CC2)n1. The van der Waals surface area contributed by atoms with Gasteiger partial charge in [-0.05, 0) is 30.7 Å². The minimum absolute atomic E-state index is 0.0224. The van der Waals surface area contributed by atoms with Crippen molar-refractivity contribution in [1.29, 1.82) is 0 Å². The van der Waals surface area contributed by atoms with E-state index in [4.69, 9.17) is 16.3 Å². The quantitative estimate of drug-likeness (QED) is 0.899. The average molecular weight is 367 g/mol. The van der Waals surface area contributed by atoms with Crippen molar-refractivity contribution in [2.24, 2.45) is 0 Å². The van der Waals surface area contributed by atoms with E-state index in [0.29, 0.717) is 34.8 Å². The van der Waals surface area contributed by atoms with Crippen LogP contribution >= 0.6 is 22.9 Å². The smallest absolute Gasteiger partial charge is 0.265 e. The van der Waals surface area contributed by atoms with E-state index in [2.05, 4.69) is 15.3 Å². The lowest BCUT2D eigenvalue weighted by Gasteiger charge is -2.32. The topological polar surface area (TPSA) is 67.3 Å². The Labute approximate surface area is 149 Å². The van der Waals surface area contributed by atoms with Crippen molar-refractivity contribution in [3.8, 4) is 5.88 Å². The molecule has 1 amide bonds. The van der Waals surface area contributed by atoms with Crippen LogP contribution < -0.4 is 10.1 Å². The van der Waals surface area contributed by atoms with Gasteiger partial charge in [0, 0.05) is 31.4 Å². The van der Waals surface area contributed by atoms with Crippen LogP contribution in [-0.4, -0.2) is 47.0 Å². The number of nitrogens with zero attached hydrogens (tertiary/aromatic N) is 3. The van der Waals surface area contributed by atoms with E-state index in [1.807, 2.05) is 17.2 Å². The molecule has 1 N–H and O–H groups in total. The second-order valence-electron chi connectivity index (χ2n) is 5.70. The third-order valence-electron chi connectivity index (χ3n) is 4.05. The van der Waals surface area contributed by atoms with Crippen molar-refractivity contribution in [2.45, 2.75) is 25.8 Å². The number of methoxy groups -OCH3 is 1. The molecule has 0 aromatic carbocycles. The van der Waals surface area contributed by atoms with Crippen molar-refractivity contribution >= 4 is 34.8 Å². The van der Waals surface area contributed by atoms with E-state index in [9.17, 15) is 4.79 Å². The number of nitrogens with one attached hydrogen (secondary N) is 1. The number of anilines is 1. The van der Waals surface area contributed by atoms with Crippen molar-refractivity contribution < 1.29 is 9.53 Å². The normalized spacial score (nSPS) is 15.4. The van der Waals surface area contributed by atoms with Gasteiger partial charge in [-0.3, -0.25) is 4.79 Å². The van der Waals surface area contributed by atoms with Crippen molar-refractivity contribution in [1.82, 2.24) is 14.9 Å². The number of hydrogen-bond acceptors (Lipinski definition) is 6. The fourth-order valence-electron chi connectivity index (χ4n) is 2.65. The van der Waals surface area contributed by atoms with Gasteiger partial charge in [-0.2, -0.15) is 4.98 Å². The number of aromatic nitrogens is 2. The number of thiophene rings is 1. The number of aryl methyl sites for hydroxylation is 1. The number of halogens is 1. The number of carbonyl (C=O) groups is 1. The highest BCUT2D eigenvalue weighted by Gasteiger charge is 2.26. The Morgan fingerprint density at radius 1 is 1.46 bits per heavy atom. The van der Waals surface area contributed by atoms with Crippen LogP contribution in [0.25, 0.3) is 0 Å². The molecule has 8 heteroatoms. The Bertz CT molecular complexity index is 729. The summed E-state index contributed by atoms with van der Waals surface area (Å²) in [7, 11) is 1.58. The maximum Gasteiger partial charge on any atom is 0.265 e. The number of likely N-dealkylation sites (tertiary alicyclic amines) is 1. The van der Waals surface area contributed by atoms with Gasteiger partial charge in [0.1, 0.15) is 4.88 Å². The van der Waals surface area contributed by atoms with E-state index in [1.165, 1.54) is 11.3 Å². The molecule has 2 aromatic heterocycles. The molecule has 1 fully saturated rings. The molecule has 2 aromatic rings. The van der Waals surface area contributed by atoms with Gasteiger partial charge in [0.05, 0.1) is 12.1 Å². The first-order valence-corrected chi connectivity index (χ1v) is 9.00. The van der Waals surface area contributed by atoms with E-state index in [-0.39, 0.29) is 11.9 Å². The van der Waals surface area contributed by atoms with Crippen LogP contribution in [0.1, 0.15) is 28.1 Å². The summed E-state index contributed by atoms with van der Waals surface area (Å²) in [5.74, 6) is 1.10. The first-order valence-electron chi connectivity index (χ1n) is 7.75. The van der Waals surface area contributed by atoms with E-state index in [0.717, 1.165) is 18.4 Å². The van der Waals surface area contributed by atoms with E-state index in [1.54, 1.807) is 19.4 Å². The van der Waals surface area contributed by atoms with Crippen LogP contribution in [-0.2, 0) is 0 Å². The molecule has 0 bridgehead atoms. The molecule has 6 nitrogen and oxygen atoms in total. The van der Waals surface area contributed by atoms with E-state index >= 15 is 0 Å². The summed E-state index contributed by atoms with van der Waals surface area (Å²) >= 11 is 7.62. The third-order valence-corrected chi connectivity index (χ3v) is 5.73. The fourth-order valence-corrected chi connectivity index (χ4v) is 3.89. The molecule has 0 aliphatic carbocycles. The number of hydrogen-bond donors (Lipinski definition) is 1. The Kier molecular flexibility index (Phi) is 5.20. The molecule has 24 heavy (non-hydrogen) atoms. The van der Waals surface area contributed by atoms with Crippen molar-refractivity contribution in [2.75, 3.05) is 25.5 Å². The highest BCUT2D eigenvalue weighted by atomic mass is 35.5. The second kappa shape index (κ2) is 7.36. The van der Waals surface area contributed by atoms with Gasteiger partial charge in [0.25, 0.3) is 5.91 Å². The Morgan fingerprint density at radius 2 is 2.21 bits per heavy atom. The average Bonchev–Trinajstić information content (AvgIpc) is 2.94. The third kappa shape index (κ3) is 3.62. The summed E-state index contributed by atoms with van der Waals surface area (Å²) in [5.41, 5.74) is 0.955. The van der Waals surface area contributed by atoms with Gasteiger partial charge in [-0.1, -0.05) is 11.6 Å². The molecule has 1 aliphatic heterocycles. The Hall–Kier alpha value is -1.86. The predicted molar refractivity (Wildman–Crippen MR) is 95.2 cm³/mol. The van der Waals surface area contributed by atoms with Gasteiger partial charge in [0.2, 0.25) is 11.8 Å². The largest absolute Gasteiger partial charge is 0.481 e. The van der Waals surface area contributed by atoms with Gasteiger partial charge in [-0.25, -0.2) is 4.98 Å². The van der Waals surface area contributed by atoms with Crippen LogP contribution in [0.15, 0.2) is 17.6 Å². The monoisotopic (exact) mass is 366 g/mol. The number of piperidine rings is 1. The number of rotatable bonds is 4. The Balaban J connectivity index is 1.57. The molecule has 0 spiro atoms. The molecule has 0 radical (unpaired) electrons. The second-order valence-corrected chi connectivity index (χ2v) is 6.95. The molecule has 0 unspecified atom stereocenters. The molecular formula is C16H19ClN4O2S. The molecular weight excluding hydrogens is 348 g/mol. The number of ether oxygens (including phenoxy) is 1. The molecule has 1 aliphatic rings. The van der Waals surface area contributed by atoms with Crippen LogP contribution in [0.2, 0.25) is 5.02 Å². The standard InChI is InChI=1S/C16H19ClN4O2S/c1-10-9-24-14(13(10)17)15(22)21-7-4-11(5-8-21)19-16-18-6-3-12(20-16)23-2/h3,6,9,11H,4-5,7-8H2,1-2H3,(H,18,19,20). The summed E-state index contributed by atoms with van der Waals surface area (Å²) in [6.45, 7) is 3.29. The summed E-state index contributed by atoms with van der Waals surface area (Å²) < 4.78 is 5.10. The summed E-state index contributed by atoms with van der Waals surface area (Å²) in [5, 5.41) is 5.81. The van der Waals surface area contributed by atoms with Gasteiger partial charge < -0.3 is 15.0 Å². The predicted octanol–water partition coefficient (Wildman–Crippen LogP) is 3.23. The molecule has 0 saturated carbocycles. The van der Waals surface area contributed by atoms with Crippen molar-refractivity contribution in [3.05, 3.63) is 33.1 Å². The summed E-state index contributed by atoms with van der Waals surface area (Å²) in [4.78, 5) is 23.5. The van der Waals surface area contributed by atoms with Gasteiger partial charge in [-0.15, -0.1) is 11.3 Å². The van der Waals surface area contributed by atoms with Gasteiger partial charge >= 0.3 is 0 Å². The van der Waals surface area contributed by atoms with Gasteiger partial charge in [0.15, 0.2) is 0 Å². The molecule has 3 heterocycles. The summed E-state index contributed by atoms with van der Waals surface area (Å²) in [6, 6.07) is 1.95. The first-order chi connectivity index (χ1) is 11.6. The van der Waals surface area contributed by atoms with Crippen molar-refractivity contribution in [3.63, 3.8) is 0 Å². The number of amides is 1. The minimum Gasteiger partial charge on any atom is -0.481 e. The maximum atomic E-state index is 12.6. The maximum absolute atomic E-state index is 12.6. The molecule has 3 rings (SSSR count). The first kappa shape index (κ1) is 17.0. The highest BCUT2D eigenvalue weighted by Crippen LogP contribution is 2.29. The lowest BCUT2D eigenvalue weighted by molar-refractivity contribution is 0.0723. The zero-order valence-electron chi connectivity index (χ0n) is 13.6. The summed E-state index contributed by atoms with van der Waals surface area (Å²) in [6.07, 6.45) is 3.34. The molecule has 128 valence electrons. The zero-order valence-corrected chi connectivity index (χ0v) is 15.2. The number of carbonyl (C=O) groups excluding carboxylic acids is 1. The molecule has 1 saturated heterocycles. The fraction of sp³-hybridized carbons (Fsp3) is 0.438. The highest BCUT2D eigenvalue weighted by molar-refractivity contribution is 7.13. The lowest BCUT2D eigenvalue weighted by Crippen LogP contribution is -2.42. The van der Waals surface area contributed by atoms with Crippen LogP contribution in [0.4, 0.5) is 5.95 Å². The molecule has 0 atom stereocenters. The minimum atomic E-state index is 0.0224. The Morgan fingerprint density at radius 3 is 2.83 bits per heavy atom. The zero-order chi connectivity index (χ0) is 17.1.